The number of aliphatic hydroxyl groups excluding tert-OH is 1. The van der Waals surface area contributed by atoms with Crippen molar-refractivity contribution < 1.29 is 24.9 Å². The quantitative estimate of drug-likeness (QED) is 0.339. The molecule has 0 amide bonds. The Labute approximate surface area is 157 Å². The number of allylic oxidation sites excluding steroid dienone is 1. The van der Waals surface area contributed by atoms with Crippen LogP contribution in [0.1, 0.15) is 84.5 Å². The number of carbonyl (C=O) groups excluding carboxylic acids is 1. The molecule has 0 spiro atoms. The number of ketones is 1. The van der Waals surface area contributed by atoms with E-state index in [1.165, 1.54) is 0 Å². The highest BCUT2D eigenvalue weighted by Gasteiger charge is 2.40. The Bertz CT molecular complexity index is 469. The van der Waals surface area contributed by atoms with Crippen LogP contribution in [0.2, 0.25) is 0 Å². The first-order valence-electron chi connectivity index (χ1n) is 10.1. The molecule has 1 saturated carbocycles. The van der Waals surface area contributed by atoms with Gasteiger partial charge in [-0.25, -0.2) is 0 Å². The lowest BCUT2D eigenvalue weighted by Gasteiger charge is -2.26. The van der Waals surface area contributed by atoms with Crippen LogP contribution in [-0.2, 0) is 9.59 Å². The molecule has 4 atom stereocenters. The van der Waals surface area contributed by atoms with E-state index >= 15 is 0 Å². The van der Waals surface area contributed by atoms with Crippen LogP contribution in [0, 0.1) is 11.8 Å². The molecule has 3 N–H and O–H groups in total. The molecule has 5 heteroatoms. The van der Waals surface area contributed by atoms with E-state index in [4.69, 9.17) is 5.11 Å². The van der Waals surface area contributed by atoms with Crippen molar-refractivity contribution in [2.45, 2.75) is 96.2 Å². The van der Waals surface area contributed by atoms with Crippen LogP contribution >= 0.6 is 0 Å². The first-order chi connectivity index (χ1) is 12.3. The van der Waals surface area contributed by atoms with E-state index in [2.05, 4.69) is 6.92 Å². The van der Waals surface area contributed by atoms with Crippen LogP contribution in [0.15, 0.2) is 12.2 Å². The smallest absolute Gasteiger partial charge is 0.307 e. The Morgan fingerprint density at radius 3 is 2.54 bits per heavy atom. The molecule has 1 rings (SSSR count). The number of carboxylic acids is 1. The van der Waals surface area contributed by atoms with Crippen LogP contribution < -0.4 is 0 Å². The van der Waals surface area contributed by atoms with Gasteiger partial charge in [-0.05, 0) is 51.4 Å². The molecule has 0 bridgehead atoms. The average Bonchev–Trinajstić information content (AvgIpc) is 2.82. The van der Waals surface area contributed by atoms with Crippen molar-refractivity contribution in [1.29, 1.82) is 0 Å². The maximum atomic E-state index is 12.2. The molecule has 0 saturated heterocycles. The Morgan fingerprint density at radius 2 is 1.88 bits per heavy atom. The third-order valence-electron chi connectivity index (χ3n) is 5.50. The Balaban J connectivity index is 2.40. The Kier molecular flexibility index (Phi) is 10.1. The summed E-state index contributed by atoms with van der Waals surface area (Å²) in [5.41, 5.74) is -0.659. The number of unbranched alkanes of at least 4 members (excludes halogenated alkanes) is 2. The van der Waals surface area contributed by atoms with Gasteiger partial charge in [-0.3, -0.25) is 9.59 Å². The number of carboxylic acid groups (broad SMARTS) is 1. The Morgan fingerprint density at radius 1 is 1.19 bits per heavy atom. The van der Waals surface area contributed by atoms with Crippen molar-refractivity contribution in [3.8, 4) is 0 Å². The van der Waals surface area contributed by atoms with Crippen molar-refractivity contribution in [1.82, 2.24) is 0 Å². The summed E-state index contributed by atoms with van der Waals surface area (Å²) in [5.74, 6) is -0.800. The standard InChI is InChI=1S/C21H36O5/c1-3-4-13-21(2,26)14-9-11-17-16(18(22)15-19(17)23)10-7-5-6-8-12-20(24)25/h6,8,16-17,19,23,26H,3-5,7,9-15H2,1-2H3,(H,24,25)/b8-6+/t16-,17-,19-,21?/m1/s1. The number of carbonyl (C=O) groups is 2. The van der Waals surface area contributed by atoms with Crippen molar-refractivity contribution in [2.24, 2.45) is 11.8 Å². The highest BCUT2D eigenvalue weighted by Crippen LogP contribution is 2.37. The molecule has 1 aliphatic rings. The summed E-state index contributed by atoms with van der Waals surface area (Å²) in [6.07, 6.45) is 10.7. The predicted octanol–water partition coefficient (Wildman–Crippen LogP) is 3.87. The van der Waals surface area contributed by atoms with E-state index < -0.39 is 17.7 Å². The number of Topliss-reactive ketones (excluding diaryl/α,β-unsaturated/α-hetero) is 1. The molecule has 0 aromatic carbocycles. The zero-order valence-corrected chi connectivity index (χ0v) is 16.3. The summed E-state index contributed by atoms with van der Waals surface area (Å²) in [4.78, 5) is 22.7. The summed E-state index contributed by atoms with van der Waals surface area (Å²) >= 11 is 0. The molecule has 1 unspecified atom stereocenters. The molecule has 150 valence electrons. The van der Waals surface area contributed by atoms with Gasteiger partial charge >= 0.3 is 5.97 Å². The van der Waals surface area contributed by atoms with Crippen LogP contribution in [0.25, 0.3) is 0 Å². The predicted molar refractivity (Wildman–Crippen MR) is 102 cm³/mol. The fourth-order valence-corrected chi connectivity index (χ4v) is 3.94. The minimum atomic E-state index is -0.842. The van der Waals surface area contributed by atoms with E-state index in [0.717, 1.165) is 51.4 Å². The largest absolute Gasteiger partial charge is 0.481 e. The highest BCUT2D eigenvalue weighted by molar-refractivity contribution is 5.84. The lowest BCUT2D eigenvalue weighted by molar-refractivity contribution is -0.136. The number of hydrogen-bond acceptors (Lipinski definition) is 4. The second-order valence-electron chi connectivity index (χ2n) is 8.00. The van der Waals surface area contributed by atoms with Gasteiger partial charge in [-0.1, -0.05) is 38.3 Å². The van der Waals surface area contributed by atoms with E-state index in [1.807, 2.05) is 13.0 Å². The molecule has 26 heavy (non-hydrogen) atoms. The average molecular weight is 369 g/mol. The minimum absolute atomic E-state index is 0.00697. The van der Waals surface area contributed by atoms with E-state index in [0.29, 0.717) is 6.42 Å². The topological polar surface area (TPSA) is 94.8 Å². The van der Waals surface area contributed by atoms with Crippen LogP contribution in [0.4, 0.5) is 0 Å². The highest BCUT2D eigenvalue weighted by atomic mass is 16.4. The third kappa shape index (κ3) is 8.45. The van der Waals surface area contributed by atoms with Gasteiger partial charge in [0.2, 0.25) is 0 Å². The second-order valence-corrected chi connectivity index (χ2v) is 8.00. The maximum absolute atomic E-state index is 12.2. The van der Waals surface area contributed by atoms with Crippen molar-refractivity contribution in [2.75, 3.05) is 0 Å². The first-order valence-corrected chi connectivity index (χ1v) is 10.1. The third-order valence-corrected chi connectivity index (χ3v) is 5.50. The fraction of sp³-hybridized carbons (Fsp3) is 0.810. The summed E-state index contributed by atoms with van der Waals surface area (Å²) in [6, 6.07) is 0. The van der Waals surface area contributed by atoms with E-state index in [-0.39, 0.29) is 30.5 Å². The van der Waals surface area contributed by atoms with E-state index in [9.17, 15) is 19.8 Å². The number of aliphatic carboxylic acids is 1. The zero-order chi connectivity index (χ0) is 19.6. The number of hydrogen-bond donors (Lipinski definition) is 3. The normalized spacial score (nSPS) is 25.7. The lowest BCUT2D eigenvalue weighted by atomic mass is 9.84. The van der Waals surface area contributed by atoms with Gasteiger partial charge in [-0.2, -0.15) is 0 Å². The van der Waals surface area contributed by atoms with Gasteiger partial charge < -0.3 is 15.3 Å². The zero-order valence-electron chi connectivity index (χ0n) is 16.3. The second kappa shape index (κ2) is 11.5. The summed E-state index contributed by atoms with van der Waals surface area (Å²) < 4.78 is 0. The molecule has 0 aromatic heterocycles. The lowest BCUT2D eigenvalue weighted by Crippen LogP contribution is -2.26. The fourth-order valence-electron chi connectivity index (χ4n) is 3.94. The number of rotatable bonds is 13. The SMILES string of the molecule is CCCCC(C)(O)CCC[C@H]1[C@H](O)CC(=O)[C@@H]1CCC/C=C/CC(=O)O. The molecule has 5 nitrogen and oxygen atoms in total. The molecule has 0 aromatic rings. The van der Waals surface area contributed by atoms with Gasteiger partial charge in [0.05, 0.1) is 18.1 Å². The maximum Gasteiger partial charge on any atom is 0.307 e. The van der Waals surface area contributed by atoms with Crippen LogP contribution in [-0.4, -0.2) is 38.8 Å². The molecule has 0 radical (unpaired) electrons. The first kappa shape index (κ1) is 22.8. The molecule has 1 aliphatic carbocycles. The van der Waals surface area contributed by atoms with E-state index in [1.54, 1.807) is 6.08 Å². The van der Waals surface area contributed by atoms with Gasteiger partial charge in [0.25, 0.3) is 0 Å². The van der Waals surface area contributed by atoms with Crippen LogP contribution in [0.5, 0.6) is 0 Å². The number of aliphatic hydroxyl groups is 2. The molecular formula is C21H36O5. The Hall–Kier alpha value is -1.20. The van der Waals surface area contributed by atoms with Gasteiger partial charge in [0, 0.05) is 12.3 Å². The van der Waals surface area contributed by atoms with Crippen molar-refractivity contribution in [3.63, 3.8) is 0 Å². The molecular weight excluding hydrogens is 332 g/mol. The van der Waals surface area contributed by atoms with Crippen molar-refractivity contribution in [3.05, 3.63) is 12.2 Å². The van der Waals surface area contributed by atoms with Gasteiger partial charge in [0.1, 0.15) is 5.78 Å². The summed E-state index contributed by atoms with van der Waals surface area (Å²) in [6.45, 7) is 3.98. The van der Waals surface area contributed by atoms with Gasteiger partial charge in [-0.15, -0.1) is 0 Å². The molecule has 0 heterocycles. The van der Waals surface area contributed by atoms with Crippen LogP contribution in [0.3, 0.4) is 0 Å². The molecule has 1 fully saturated rings. The minimum Gasteiger partial charge on any atom is -0.481 e. The molecule has 0 aliphatic heterocycles. The van der Waals surface area contributed by atoms with Gasteiger partial charge in [0.15, 0.2) is 0 Å². The monoisotopic (exact) mass is 368 g/mol. The summed E-state index contributed by atoms with van der Waals surface area (Å²) in [7, 11) is 0. The summed E-state index contributed by atoms with van der Waals surface area (Å²) in [5, 5.41) is 29.2. The van der Waals surface area contributed by atoms with Crippen molar-refractivity contribution >= 4 is 11.8 Å².